The van der Waals surface area contributed by atoms with Gasteiger partial charge >= 0.3 is 19.8 Å². The summed E-state index contributed by atoms with van der Waals surface area (Å²) < 4.78 is 39.7. The fourth-order valence-corrected chi connectivity index (χ4v) is 8.04. The number of phosphoric ester groups is 1. The number of esters is 2. The number of aryl methyl sites for hydroxylation is 1. The highest BCUT2D eigenvalue weighted by Gasteiger charge is 2.26. The third kappa shape index (κ3) is 38.8. The minimum absolute atomic E-state index is 0.0175. The molecule has 0 saturated heterocycles. The largest absolute Gasteiger partial charge is 0.494 e. The van der Waals surface area contributed by atoms with Crippen LogP contribution in [0.25, 0.3) is 0 Å². The van der Waals surface area contributed by atoms with Crippen molar-refractivity contribution in [3.05, 3.63) is 48.1 Å². The molecule has 1 aromatic rings. The number of rotatable bonds is 46. The van der Waals surface area contributed by atoms with Crippen LogP contribution >= 0.6 is 7.82 Å². The maximum Gasteiger partial charge on any atom is 0.472 e. The Morgan fingerprint density at radius 2 is 1.05 bits per heavy atom. The SMILES string of the molecule is CCCCCCCC/C=C\CCCCCCCC(=O)OC[C@H](COP(=O)(O)OCCCC(=O)CCCOc1ccc(C)c(N)c1)OC(=O)CCCCCCC/C=C\CCCCCCCC. The average Bonchev–Trinajstić information content (AvgIpc) is 3.28. The second-order valence-corrected chi connectivity index (χ2v) is 19.1. The van der Waals surface area contributed by atoms with E-state index in [1.165, 1.54) is 83.5 Å². The molecule has 0 heterocycles. The molecule has 65 heavy (non-hydrogen) atoms. The van der Waals surface area contributed by atoms with Gasteiger partial charge < -0.3 is 24.8 Å². The molecule has 0 radical (unpaired) electrons. The first kappa shape index (κ1) is 60.0. The van der Waals surface area contributed by atoms with Gasteiger partial charge in [-0.05, 0) is 95.6 Å². The van der Waals surface area contributed by atoms with E-state index in [0.717, 1.165) is 76.2 Å². The van der Waals surface area contributed by atoms with Crippen molar-refractivity contribution in [3.63, 3.8) is 0 Å². The van der Waals surface area contributed by atoms with E-state index in [4.69, 9.17) is 29.0 Å². The second-order valence-electron chi connectivity index (χ2n) is 17.7. The minimum atomic E-state index is -4.55. The Morgan fingerprint density at radius 1 is 0.585 bits per heavy atom. The summed E-state index contributed by atoms with van der Waals surface area (Å²) in [6.07, 6.45) is 39.8. The number of Topliss-reactive ketones (excluding diaryl/α,β-unsaturated/α-hetero) is 1. The summed E-state index contributed by atoms with van der Waals surface area (Å²) in [6, 6.07) is 5.47. The zero-order valence-electron chi connectivity index (χ0n) is 41.2. The van der Waals surface area contributed by atoms with Crippen molar-refractivity contribution in [1.82, 2.24) is 0 Å². The van der Waals surface area contributed by atoms with Crippen molar-refractivity contribution in [2.45, 2.75) is 232 Å². The molecule has 374 valence electrons. The molecular formula is C53H92NO10P. The first-order chi connectivity index (χ1) is 31.6. The van der Waals surface area contributed by atoms with Gasteiger partial charge in [0.1, 0.15) is 18.1 Å². The number of carbonyl (C=O) groups excluding carboxylic acids is 3. The van der Waals surface area contributed by atoms with Gasteiger partial charge in [0.15, 0.2) is 6.10 Å². The quantitative estimate of drug-likeness (QED) is 0.0210. The van der Waals surface area contributed by atoms with E-state index in [9.17, 15) is 23.8 Å². The Hall–Kier alpha value is -2.98. The van der Waals surface area contributed by atoms with Crippen molar-refractivity contribution >= 4 is 31.2 Å². The van der Waals surface area contributed by atoms with E-state index in [-0.39, 0.29) is 44.7 Å². The van der Waals surface area contributed by atoms with Crippen LogP contribution in [0.5, 0.6) is 5.75 Å². The maximum atomic E-state index is 12.8. The Bertz CT molecular complexity index is 1450. The van der Waals surface area contributed by atoms with Crippen LogP contribution in [0.1, 0.15) is 225 Å². The summed E-state index contributed by atoms with van der Waals surface area (Å²) in [7, 11) is -4.55. The van der Waals surface area contributed by atoms with Gasteiger partial charge in [0.05, 0.1) is 19.8 Å². The van der Waals surface area contributed by atoms with Gasteiger partial charge in [0.2, 0.25) is 0 Å². The third-order valence-corrected chi connectivity index (χ3v) is 12.4. The van der Waals surface area contributed by atoms with Gasteiger partial charge in [-0.25, -0.2) is 4.57 Å². The van der Waals surface area contributed by atoms with Crippen LogP contribution in [-0.4, -0.2) is 55.1 Å². The average molecular weight is 934 g/mol. The maximum absolute atomic E-state index is 12.8. The summed E-state index contributed by atoms with van der Waals surface area (Å²) >= 11 is 0. The van der Waals surface area contributed by atoms with Crippen LogP contribution in [0.2, 0.25) is 0 Å². The van der Waals surface area contributed by atoms with Gasteiger partial charge in [-0.15, -0.1) is 0 Å². The summed E-state index contributed by atoms with van der Waals surface area (Å²) in [4.78, 5) is 48.1. The number of phosphoric acid groups is 1. The summed E-state index contributed by atoms with van der Waals surface area (Å²) in [5.74, 6) is -0.267. The van der Waals surface area contributed by atoms with E-state index in [1.807, 2.05) is 19.1 Å². The van der Waals surface area contributed by atoms with Crippen LogP contribution in [0.15, 0.2) is 42.5 Å². The number of unbranched alkanes of at least 4 members (excludes halogenated alkanes) is 22. The van der Waals surface area contributed by atoms with Crippen molar-refractivity contribution in [3.8, 4) is 5.75 Å². The molecule has 1 aromatic carbocycles. The van der Waals surface area contributed by atoms with E-state index in [1.54, 1.807) is 6.07 Å². The molecule has 0 aliphatic carbocycles. The molecule has 0 spiro atoms. The van der Waals surface area contributed by atoms with Gasteiger partial charge in [-0.3, -0.25) is 23.4 Å². The number of ketones is 1. The fourth-order valence-electron chi connectivity index (χ4n) is 7.26. The second kappa shape index (κ2) is 42.4. The lowest BCUT2D eigenvalue weighted by atomic mass is 10.1. The van der Waals surface area contributed by atoms with Crippen molar-refractivity contribution in [2.24, 2.45) is 0 Å². The highest BCUT2D eigenvalue weighted by atomic mass is 31.2. The van der Waals surface area contributed by atoms with Crippen LogP contribution in [0.4, 0.5) is 5.69 Å². The van der Waals surface area contributed by atoms with E-state index >= 15 is 0 Å². The number of nitrogen functional groups attached to an aromatic ring is 1. The lowest BCUT2D eigenvalue weighted by Gasteiger charge is -2.20. The zero-order chi connectivity index (χ0) is 47.5. The van der Waals surface area contributed by atoms with E-state index < -0.39 is 32.5 Å². The topological polar surface area (TPSA) is 161 Å². The van der Waals surface area contributed by atoms with E-state index in [2.05, 4.69) is 38.2 Å². The molecule has 0 amide bonds. The number of allylic oxidation sites excluding steroid dienone is 4. The van der Waals surface area contributed by atoms with Crippen molar-refractivity contribution < 1.29 is 47.1 Å². The number of hydrogen-bond acceptors (Lipinski definition) is 10. The predicted octanol–water partition coefficient (Wildman–Crippen LogP) is 14.7. The standard InChI is InChI=1S/C53H92NO10P/c1-4-6-8-10-12-14-16-18-20-22-24-26-28-30-32-38-52(56)61-45-50(64-53(57)39-33-31-29-27-25-23-21-19-17-15-13-11-9-7-5-2)46-63-65(58,59)62-43-35-37-48(55)36-34-42-60-49-41-40-47(3)51(54)44-49/h18-21,40-41,44,50H,4-17,22-39,42-43,45-46,54H2,1-3H3,(H,58,59)/b20-18-,21-19-/t50-/m1/s1. The highest BCUT2D eigenvalue weighted by Crippen LogP contribution is 2.43. The van der Waals surface area contributed by atoms with Crippen LogP contribution in [0, 0.1) is 6.92 Å². The molecule has 0 aliphatic heterocycles. The molecule has 0 aliphatic rings. The normalized spacial score (nSPS) is 13.0. The summed E-state index contributed by atoms with van der Waals surface area (Å²) in [6.45, 7) is 5.81. The molecule has 11 nitrogen and oxygen atoms in total. The molecule has 1 unspecified atom stereocenters. The fraction of sp³-hybridized carbons (Fsp3) is 0.755. The molecule has 0 bridgehead atoms. The predicted molar refractivity (Wildman–Crippen MR) is 266 cm³/mol. The number of ether oxygens (including phenoxy) is 3. The summed E-state index contributed by atoms with van der Waals surface area (Å²) in [5.41, 5.74) is 7.53. The molecule has 2 atom stereocenters. The molecule has 1 rings (SSSR count). The lowest BCUT2D eigenvalue weighted by Crippen LogP contribution is -2.29. The van der Waals surface area contributed by atoms with Crippen LogP contribution < -0.4 is 10.5 Å². The minimum Gasteiger partial charge on any atom is -0.494 e. The lowest BCUT2D eigenvalue weighted by molar-refractivity contribution is -0.161. The monoisotopic (exact) mass is 934 g/mol. The first-order valence-corrected chi connectivity index (χ1v) is 27.3. The van der Waals surface area contributed by atoms with Gasteiger partial charge in [0.25, 0.3) is 0 Å². The van der Waals surface area contributed by atoms with Crippen molar-refractivity contribution in [2.75, 3.05) is 32.2 Å². The van der Waals surface area contributed by atoms with Gasteiger partial charge in [-0.1, -0.05) is 147 Å². The first-order valence-electron chi connectivity index (χ1n) is 25.8. The number of hydrogen-bond donors (Lipinski definition) is 2. The molecular weight excluding hydrogens is 842 g/mol. The third-order valence-electron chi connectivity index (χ3n) is 11.4. The van der Waals surface area contributed by atoms with Crippen LogP contribution in [0.3, 0.4) is 0 Å². The molecule has 0 fully saturated rings. The van der Waals surface area contributed by atoms with E-state index in [0.29, 0.717) is 43.7 Å². The zero-order valence-corrected chi connectivity index (χ0v) is 42.1. The number of benzene rings is 1. The smallest absolute Gasteiger partial charge is 0.472 e. The Labute approximate surface area is 395 Å². The van der Waals surface area contributed by atoms with Crippen LogP contribution in [-0.2, 0) is 37.5 Å². The Morgan fingerprint density at radius 3 is 1.55 bits per heavy atom. The Balaban J connectivity index is 2.41. The molecule has 0 aromatic heterocycles. The molecule has 0 saturated carbocycles. The number of nitrogens with two attached hydrogens (primary N) is 1. The number of anilines is 1. The molecule has 3 N–H and O–H groups in total. The van der Waals surface area contributed by atoms with Crippen molar-refractivity contribution in [1.29, 1.82) is 0 Å². The Kier molecular flexibility index (Phi) is 39.1. The van der Waals surface area contributed by atoms with Gasteiger partial charge in [-0.2, -0.15) is 0 Å². The number of carbonyl (C=O) groups is 3. The summed E-state index contributed by atoms with van der Waals surface area (Å²) in [5, 5.41) is 0. The van der Waals surface area contributed by atoms with Gasteiger partial charge in [0, 0.05) is 37.4 Å². The highest BCUT2D eigenvalue weighted by molar-refractivity contribution is 7.47. The molecule has 12 heteroatoms.